The maximum Gasteiger partial charge on any atom is 0.160 e. The van der Waals surface area contributed by atoms with Crippen LogP contribution in [0.1, 0.15) is 50.0 Å². The van der Waals surface area contributed by atoms with Crippen LogP contribution in [0.2, 0.25) is 0 Å². The first-order valence-corrected chi connectivity index (χ1v) is 11.6. The lowest BCUT2D eigenvalue weighted by Crippen LogP contribution is -2.28. The van der Waals surface area contributed by atoms with Crippen molar-refractivity contribution in [2.45, 2.75) is 44.0 Å². The molecule has 5 nitrogen and oxygen atoms in total. The van der Waals surface area contributed by atoms with Crippen molar-refractivity contribution in [1.82, 2.24) is 9.88 Å². The monoisotopic (exact) mass is 408 g/mol. The number of hydrogen-bond acceptors (Lipinski definition) is 6. The first kappa shape index (κ1) is 18.8. The standard InChI is InChI=1S/C23H28N4OS/c1-3-28-20-14-17(9-10-19(20)26-12-6-7-13-26)22-21(18-8-4-5-11-24-18)25-23-27(22)15-16(2)29-23/h4-5,8-11,14,16,21-22H,3,6-7,12-13,15H2,1-2H3/t16-,21-,22+/m0/s1. The summed E-state index contributed by atoms with van der Waals surface area (Å²) in [7, 11) is 0. The maximum absolute atomic E-state index is 6.10. The first-order chi connectivity index (χ1) is 14.2. The van der Waals surface area contributed by atoms with E-state index in [2.05, 4.69) is 59.0 Å². The topological polar surface area (TPSA) is 41.0 Å². The van der Waals surface area contributed by atoms with Gasteiger partial charge in [0.2, 0.25) is 0 Å². The van der Waals surface area contributed by atoms with Crippen LogP contribution >= 0.6 is 11.8 Å². The number of aromatic nitrogens is 1. The van der Waals surface area contributed by atoms with E-state index >= 15 is 0 Å². The zero-order chi connectivity index (χ0) is 19.8. The van der Waals surface area contributed by atoms with E-state index in [1.165, 1.54) is 24.1 Å². The van der Waals surface area contributed by atoms with Gasteiger partial charge in [0.05, 0.1) is 24.0 Å². The molecule has 3 aliphatic heterocycles. The molecule has 6 heteroatoms. The predicted molar refractivity (Wildman–Crippen MR) is 120 cm³/mol. The van der Waals surface area contributed by atoms with Crippen LogP contribution in [0.3, 0.4) is 0 Å². The minimum absolute atomic E-state index is 0.0262. The number of amidine groups is 1. The zero-order valence-electron chi connectivity index (χ0n) is 17.1. The second-order valence-corrected chi connectivity index (χ2v) is 9.40. The molecule has 1 aromatic carbocycles. The van der Waals surface area contributed by atoms with Gasteiger partial charge >= 0.3 is 0 Å². The molecule has 2 fully saturated rings. The smallest absolute Gasteiger partial charge is 0.160 e. The number of hydrogen-bond donors (Lipinski definition) is 0. The number of fused-ring (bicyclic) bond motifs is 1. The number of pyridine rings is 1. The molecular formula is C23H28N4OS. The van der Waals surface area contributed by atoms with E-state index in [1.54, 1.807) is 0 Å². The summed E-state index contributed by atoms with van der Waals surface area (Å²) < 4.78 is 6.10. The Kier molecular flexibility index (Phi) is 5.12. The summed E-state index contributed by atoms with van der Waals surface area (Å²) in [4.78, 5) is 14.7. The number of nitrogens with zero attached hydrogens (tertiary/aromatic N) is 4. The van der Waals surface area contributed by atoms with Gasteiger partial charge in [-0.25, -0.2) is 0 Å². The Balaban J connectivity index is 1.54. The first-order valence-electron chi connectivity index (χ1n) is 10.7. The molecule has 2 saturated heterocycles. The summed E-state index contributed by atoms with van der Waals surface area (Å²) in [5.41, 5.74) is 3.53. The zero-order valence-corrected chi connectivity index (χ0v) is 17.9. The van der Waals surface area contributed by atoms with E-state index in [0.717, 1.165) is 36.2 Å². The molecular weight excluding hydrogens is 380 g/mol. The minimum atomic E-state index is 0.0262. The highest BCUT2D eigenvalue weighted by molar-refractivity contribution is 8.14. The van der Waals surface area contributed by atoms with E-state index in [1.807, 2.05) is 24.0 Å². The molecule has 0 radical (unpaired) electrons. The van der Waals surface area contributed by atoms with Gasteiger partial charge in [-0.15, -0.1) is 0 Å². The van der Waals surface area contributed by atoms with Crippen molar-refractivity contribution >= 4 is 22.6 Å². The fourth-order valence-electron chi connectivity index (χ4n) is 4.68. The normalized spacial score (nSPS) is 26.0. The summed E-state index contributed by atoms with van der Waals surface area (Å²) in [5, 5.41) is 1.72. The molecule has 0 N–H and O–H groups in total. The molecule has 0 spiro atoms. The second-order valence-electron chi connectivity index (χ2n) is 7.99. The molecule has 3 aliphatic rings. The van der Waals surface area contributed by atoms with Crippen molar-refractivity contribution in [3.05, 3.63) is 53.9 Å². The molecule has 3 atom stereocenters. The molecule has 1 aromatic heterocycles. The lowest BCUT2D eigenvalue weighted by atomic mass is 9.95. The van der Waals surface area contributed by atoms with Crippen LogP contribution in [0.25, 0.3) is 0 Å². The Morgan fingerprint density at radius 3 is 2.79 bits per heavy atom. The molecule has 2 aromatic rings. The minimum Gasteiger partial charge on any atom is -0.492 e. The summed E-state index contributed by atoms with van der Waals surface area (Å²) in [6.07, 6.45) is 4.39. The van der Waals surface area contributed by atoms with E-state index in [4.69, 9.17) is 9.73 Å². The van der Waals surface area contributed by atoms with Gasteiger partial charge < -0.3 is 14.5 Å². The van der Waals surface area contributed by atoms with Crippen LogP contribution in [0.4, 0.5) is 5.69 Å². The Hall–Kier alpha value is -2.21. The lowest BCUT2D eigenvalue weighted by Gasteiger charge is -2.29. The van der Waals surface area contributed by atoms with Gasteiger partial charge in [0.15, 0.2) is 5.17 Å². The van der Waals surface area contributed by atoms with Crippen molar-refractivity contribution in [2.24, 2.45) is 4.99 Å². The average Bonchev–Trinajstić information content (AvgIpc) is 3.45. The number of aliphatic imine (C=N–C) groups is 1. The number of benzene rings is 1. The second kappa shape index (κ2) is 7.90. The third kappa shape index (κ3) is 3.48. The van der Waals surface area contributed by atoms with Crippen LogP contribution in [-0.2, 0) is 0 Å². The van der Waals surface area contributed by atoms with E-state index in [-0.39, 0.29) is 12.1 Å². The van der Waals surface area contributed by atoms with E-state index in [9.17, 15) is 0 Å². The van der Waals surface area contributed by atoms with Gasteiger partial charge in [-0.3, -0.25) is 9.98 Å². The molecule has 29 heavy (non-hydrogen) atoms. The third-order valence-corrected chi connectivity index (χ3v) is 7.06. The van der Waals surface area contributed by atoms with Gasteiger partial charge in [0.1, 0.15) is 11.8 Å². The number of rotatable bonds is 5. The van der Waals surface area contributed by atoms with Gasteiger partial charge in [-0.05, 0) is 49.6 Å². The summed E-state index contributed by atoms with van der Waals surface area (Å²) >= 11 is 1.88. The van der Waals surface area contributed by atoms with Crippen LogP contribution in [-0.4, -0.2) is 46.5 Å². The number of thioether (sulfide) groups is 1. The van der Waals surface area contributed by atoms with Gasteiger partial charge in [0.25, 0.3) is 0 Å². The van der Waals surface area contributed by atoms with Crippen LogP contribution in [0.5, 0.6) is 5.75 Å². The average molecular weight is 409 g/mol. The van der Waals surface area contributed by atoms with E-state index in [0.29, 0.717) is 11.9 Å². The molecule has 0 unspecified atom stereocenters. The van der Waals surface area contributed by atoms with E-state index < -0.39 is 0 Å². The Morgan fingerprint density at radius 1 is 1.17 bits per heavy atom. The van der Waals surface area contributed by atoms with Crippen molar-refractivity contribution in [3.8, 4) is 5.75 Å². The Labute approximate surface area is 177 Å². The Bertz CT molecular complexity index is 897. The summed E-state index contributed by atoms with van der Waals surface area (Å²) in [6.45, 7) is 8.28. The maximum atomic E-state index is 6.10. The van der Waals surface area contributed by atoms with Crippen LogP contribution < -0.4 is 9.64 Å². The fraction of sp³-hybridized carbons (Fsp3) is 0.478. The van der Waals surface area contributed by atoms with Gasteiger partial charge in [-0.2, -0.15) is 0 Å². The van der Waals surface area contributed by atoms with Crippen LogP contribution in [0, 0.1) is 0 Å². The summed E-state index contributed by atoms with van der Waals surface area (Å²) in [6, 6.07) is 13.1. The number of anilines is 1. The van der Waals surface area contributed by atoms with Crippen molar-refractivity contribution in [1.29, 1.82) is 0 Å². The fourth-order valence-corrected chi connectivity index (χ4v) is 5.78. The molecule has 4 heterocycles. The van der Waals surface area contributed by atoms with Gasteiger partial charge in [-0.1, -0.05) is 30.8 Å². The molecule has 152 valence electrons. The Morgan fingerprint density at radius 2 is 2.03 bits per heavy atom. The molecule has 0 bridgehead atoms. The molecule has 5 rings (SSSR count). The van der Waals surface area contributed by atoms with Crippen molar-refractivity contribution < 1.29 is 4.74 Å². The largest absolute Gasteiger partial charge is 0.492 e. The molecule has 0 aliphatic carbocycles. The van der Waals surface area contributed by atoms with Crippen LogP contribution in [0.15, 0.2) is 47.6 Å². The SMILES string of the molecule is CCOc1cc([C@@H]2[C@H](c3ccccn3)N=C3S[C@@H](C)CN32)ccc1N1CCCC1. The highest BCUT2D eigenvalue weighted by atomic mass is 32.2. The van der Waals surface area contributed by atoms with Gasteiger partial charge in [0, 0.05) is 31.1 Å². The number of ether oxygens (including phenoxy) is 1. The highest BCUT2D eigenvalue weighted by Gasteiger charge is 2.43. The quantitative estimate of drug-likeness (QED) is 0.719. The van der Waals surface area contributed by atoms with Crippen molar-refractivity contribution in [2.75, 3.05) is 31.1 Å². The molecule has 0 amide bonds. The lowest BCUT2D eigenvalue weighted by molar-refractivity contribution is 0.316. The highest BCUT2D eigenvalue weighted by Crippen LogP contribution is 2.48. The van der Waals surface area contributed by atoms with Crippen molar-refractivity contribution in [3.63, 3.8) is 0 Å². The summed E-state index contributed by atoms with van der Waals surface area (Å²) in [5.74, 6) is 1.00. The predicted octanol–water partition coefficient (Wildman–Crippen LogP) is 4.67. The third-order valence-electron chi connectivity index (χ3n) is 5.95. The molecule has 0 saturated carbocycles.